The molecule has 106 valence electrons. The molecule has 2 rings (SSSR count). The van der Waals surface area contributed by atoms with E-state index in [0.717, 1.165) is 0 Å². The van der Waals surface area contributed by atoms with Crippen molar-refractivity contribution in [2.24, 2.45) is 0 Å². The van der Waals surface area contributed by atoms with Crippen molar-refractivity contribution in [2.45, 2.75) is 19.8 Å². The number of aryl methyl sites for hydroxylation is 1. The molecule has 0 aliphatic rings. The lowest BCUT2D eigenvalue weighted by atomic mass is 10.2. The average Bonchev–Trinajstić information content (AvgIpc) is 3.00. The van der Waals surface area contributed by atoms with Gasteiger partial charge in [0.1, 0.15) is 11.4 Å². The van der Waals surface area contributed by atoms with E-state index in [1.165, 1.54) is 16.7 Å². The van der Waals surface area contributed by atoms with Gasteiger partial charge in [-0.2, -0.15) is 0 Å². The number of thiazole rings is 1. The SMILES string of the molecule is Cc1nonc1CC(=O)NCCc1nc(C(=O)O)cs1. The highest BCUT2D eigenvalue weighted by Gasteiger charge is 2.11. The summed E-state index contributed by atoms with van der Waals surface area (Å²) in [6.45, 7) is 2.10. The van der Waals surface area contributed by atoms with Crippen LogP contribution in [0, 0.1) is 6.92 Å². The molecule has 2 aromatic heterocycles. The number of carboxylic acid groups (broad SMARTS) is 1. The van der Waals surface area contributed by atoms with Gasteiger partial charge in [-0.3, -0.25) is 4.79 Å². The van der Waals surface area contributed by atoms with E-state index in [0.29, 0.717) is 29.4 Å². The molecule has 8 nitrogen and oxygen atoms in total. The Morgan fingerprint density at radius 1 is 1.45 bits per heavy atom. The minimum Gasteiger partial charge on any atom is -0.476 e. The molecule has 0 aromatic carbocycles. The van der Waals surface area contributed by atoms with E-state index in [1.54, 1.807) is 6.92 Å². The van der Waals surface area contributed by atoms with Crippen molar-refractivity contribution < 1.29 is 19.3 Å². The Labute approximate surface area is 117 Å². The van der Waals surface area contributed by atoms with Crippen molar-refractivity contribution in [1.29, 1.82) is 0 Å². The fourth-order valence-electron chi connectivity index (χ4n) is 1.46. The van der Waals surface area contributed by atoms with Crippen molar-refractivity contribution in [3.05, 3.63) is 27.5 Å². The van der Waals surface area contributed by atoms with Gasteiger partial charge in [-0.05, 0) is 6.92 Å². The van der Waals surface area contributed by atoms with Crippen LogP contribution in [0.25, 0.3) is 0 Å². The van der Waals surface area contributed by atoms with E-state index in [2.05, 4.69) is 25.2 Å². The van der Waals surface area contributed by atoms with Crippen molar-refractivity contribution in [3.8, 4) is 0 Å². The summed E-state index contributed by atoms with van der Waals surface area (Å²) in [6, 6.07) is 0. The maximum Gasteiger partial charge on any atom is 0.355 e. The van der Waals surface area contributed by atoms with Crippen LogP contribution < -0.4 is 5.32 Å². The van der Waals surface area contributed by atoms with Gasteiger partial charge < -0.3 is 10.4 Å². The van der Waals surface area contributed by atoms with E-state index >= 15 is 0 Å². The highest BCUT2D eigenvalue weighted by molar-refractivity contribution is 7.09. The highest BCUT2D eigenvalue weighted by atomic mass is 32.1. The van der Waals surface area contributed by atoms with Gasteiger partial charge in [0, 0.05) is 18.3 Å². The number of rotatable bonds is 6. The predicted molar refractivity (Wildman–Crippen MR) is 68.5 cm³/mol. The number of aromatic carboxylic acids is 1. The largest absolute Gasteiger partial charge is 0.476 e. The molecule has 0 unspecified atom stereocenters. The van der Waals surface area contributed by atoms with Crippen molar-refractivity contribution >= 4 is 23.2 Å². The monoisotopic (exact) mass is 296 g/mol. The summed E-state index contributed by atoms with van der Waals surface area (Å²) < 4.78 is 4.50. The molecular formula is C11H12N4O4S. The molecule has 0 spiro atoms. The Hall–Kier alpha value is -2.29. The first-order valence-corrected chi connectivity index (χ1v) is 6.66. The highest BCUT2D eigenvalue weighted by Crippen LogP contribution is 2.10. The van der Waals surface area contributed by atoms with Crippen LogP contribution in [0.1, 0.15) is 26.9 Å². The molecule has 0 bridgehead atoms. The second-order valence-electron chi connectivity index (χ2n) is 4.00. The number of hydrogen-bond acceptors (Lipinski definition) is 7. The summed E-state index contributed by atoms with van der Waals surface area (Å²) in [5, 5.41) is 20.8. The Kier molecular flexibility index (Phi) is 4.41. The minimum absolute atomic E-state index is 0.0284. The Balaban J connectivity index is 1.76. The van der Waals surface area contributed by atoms with Crippen LogP contribution in [0.2, 0.25) is 0 Å². The lowest BCUT2D eigenvalue weighted by Crippen LogP contribution is -2.27. The van der Waals surface area contributed by atoms with Crippen LogP contribution in [0.15, 0.2) is 10.0 Å². The zero-order valence-corrected chi connectivity index (χ0v) is 11.4. The number of amides is 1. The zero-order chi connectivity index (χ0) is 14.5. The van der Waals surface area contributed by atoms with Crippen LogP contribution >= 0.6 is 11.3 Å². The maximum atomic E-state index is 11.6. The second kappa shape index (κ2) is 6.24. The van der Waals surface area contributed by atoms with Gasteiger partial charge in [0.15, 0.2) is 5.69 Å². The van der Waals surface area contributed by atoms with Gasteiger partial charge >= 0.3 is 5.97 Å². The topological polar surface area (TPSA) is 118 Å². The molecule has 0 radical (unpaired) electrons. The number of aromatic nitrogens is 3. The van der Waals surface area contributed by atoms with Gasteiger partial charge in [-0.1, -0.05) is 10.3 Å². The smallest absolute Gasteiger partial charge is 0.355 e. The van der Waals surface area contributed by atoms with Crippen LogP contribution in [-0.4, -0.2) is 38.8 Å². The molecule has 1 amide bonds. The Morgan fingerprint density at radius 3 is 2.85 bits per heavy atom. The van der Waals surface area contributed by atoms with E-state index in [4.69, 9.17) is 5.11 Å². The molecule has 2 N–H and O–H groups in total. The summed E-state index contributed by atoms with van der Waals surface area (Å²) in [4.78, 5) is 26.2. The van der Waals surface area contributed by atoms with Crippen LogP contribution in [0.4, 0.5) is 0 Å². The third kappa shape index (κ3) is 3.60. The molecule has 0 aliphatic carbocycles. The third-order valence-corrected chi connectivity index (χ3v) is 3.41. The van der Waals surface area contributed by atoms with Crippen LogP contribution in [0.3, 0.4) is 0 Å². The summed E-state index contributed by atoms with van der Waals surface area (Å²) in [7, 11) is 0. The lowest BCUT2D eigenvalue weighted by Gasteiger charge is -2.01. The van der Waals surface area contributed by atoms with E-state index in [1.807, 2.05) is 0 Å². The molecule has 2 aromatic rings. The average molecular weight is 296 g/mol. The molecule has 0 atom stereocenters. The summed E-state index contributed by atoms with van der Waals surface area (Å²) in [6.07, 6.45) is 0.591. The minimum atomic E-state index is -1.05. The first-order valence-electron chi connectivity index (χ1n) is 5.78. The third-order valence-electron chi connectivity index (χ3n) is 2.51. The maximum absolute atomic E-state index is 11.6. The molecular weight excluding hydrogens is 284 g/mol. The van der Waals surface area contributed by atoms with Crippen molar-refractivity contribution in [1.82, 2.24) is 20.6 Å². The van der Waals surface area contributed by atoms with Crippen molar-refractivity contribution in [2.75, 3.05) is 6.54 Å². The van der Waals surface area contributed by atoms with E-state index < -0.39 is 5.97 Å². The van der Waals surface area contributed by atoms with Crippen LogP contribution in [0.5, 0.6) is 0 Å². The van der Waals surface area contributed by atoms with Gasteiger partial charge in [-0.15, -0.1) is 11.3 Å². The Morgan fingerprint density at radius 2 is 2.25 bits per heavy atom. The van der Waals surface area contributed by atoms with Crippen molar-refractivity contribution in [3.63, 3.8) is 0 Å². The molecule has 0 aliphatic heterocycles. The molecule has 0 saturated heterocycles. The number of nitrogens with one attached hydrogen (secondary N) is 1. The van der Waals surface area contributed by atoms with Gasteiger partial charge in [0.05, 0.1) is 11.4 Å². The van der Waals surface area contributed by atoms with E-state index in [9.17, 15) is 9.59 Å². The number of nitrogens with zero attached hydrogens (tertiary/aromatic N) is 3. The fraction of sp³-hybridized carbons (Fsp3) is 0.364. The quantitative estimate of drug-likeness (QED) is 0.793. The number of hydrogen-bond donors (Lipinski definition) is 2. The van der Waals surface area contributed by atoms with Gasteiger partial charge in [0.25, 0.3) is 0 Å². The van der Waals surface area contributed by atoms with Crippen LogP contribution in [-0.2, 0) is 17.6 Å². The number of carboxylic acids is 1. The summed E-state index contributed by atoms with van der Waals surface area (Å²) in [5.74, 6) is -1.25. The standard InChI is InChI=1S/C11H12N4O4S/c1-6-7(15-19-14-6)4-9(16)12-3-2-10-13-8(5-20-10)11(17)18/h5H,2-4H2,1H3,(H,12,16)(H,17,18). The summed E-state index contributed by atoms with van der Waals surface area (Å²) >= 11 is 1.26. The molecule has 2 heterocycles. The fourth-order valence-corrected chi connectivity index (χ4v) is 2.23. The summed E-state index contributed by atoms with van der Waals surface area (Å²) in [5.41, 5.74) is 1.12. The first-order chi connectivity index (χ1) is 9.56. The molecule has 9 heteroatoms. The van der Waals surface area contributed by atoms with Gasteiger partial charge in [-0.25, -0.2) is 14.4 Å². The number of carbonyl (C=O) groups is 2. The lowest BCUT2D eigenvalue weighted by molar-refractivity contribution is -0.120. The molecule has 0 saturated carbocycles. The normalized spacial score (nSPS) is 10.4. The van der Waals surface area contributed by atoms with Gasteiger partial charge in [0.2, 0.25) is 5.91 Å². The Bertz CT molecular complexity index is 621. The molecule has 0 fully saturated rings. The predicted octanol–water partition coefficient (Wildman–Crippen LogP) is 0.434. The second-order valence-corrected chi connectivity index (χ2v) is 4.95. The van der Waals surface area contributed by atoms with E-state index in [-0.39, 0.29) is 18.0 Å². The molecule has 20 heavy (non-hydrogen) atoms. The number of carbonyl (C=O) groups excluding carboxylic acids is 1. The zero-order valence-electron chi connectivity index (χ0n) is 10.6. The first kappa shape index (κ1) is 14.1.